The van der Waals surface area contributed by atoms with Gasteiger partial charge in [0.2, 0.25) is 0 Å². The van der Waals surface area contributed by atoms with Crippen LogP contribution in [0.1, 0.15) is 31.7 Å². The molecule has 0 amide bonds. The van der Waals surface area contributed by atoms with E-state index in [4.69, 9.17) is 4.74 Å². The molecule has 2 aromatic carbocycles. The standard InChI is InChI=1S/C24H22N3O.Fe/c1-3-7-19(8-4-1)27-16-23(22-15-25-17-26-24(22)27)18-11-13-21(14-12-18)28-20-9-5-2-6-10-20;/h1-2,5-6,9-17,19H,3-4,7-8H2;. The van der Waals surface area contributed by atoms with Gasteiger partial charge in [-0.2, -0.15) is 0 Å². The van der Waals surface area contributed by atoms with Crippen LogP contribution in [-0.4, -0.2) is 14.5 Å². The first kappa shape index (κ1) is 18.4. The van der Waals surface area contributed by atoms with E-state index in [1.807, 2.05) is 48.7 Å². The van der Waals surface area contributed by atoms with Crippen molar-refractivity contribution in [2.75, 3.05) is 0 Å². The molecule has 1 aliphatic rings. The number of aromatic nitrogens is 3. The van der Waals surface area contributed by atoms with Crippen LogP contribution < -0.4 is 4.74 Å². The van der Waals surface area contributed by atoms with Gasteiger partial charge in [-0.15, -0.1) is 0 Å². The van der Waals surface area contributed by atoms with E-state index < -0.39 is 0 Å². The molecule has 0 aliphatic heterocycles. The molecule has 1 aliphatic carbocycles. The molecule has 4 aromatic rings. The van der Waals surface area contributed by atoms with Crippen molar-refractivity contribution in [3.63, 3.8) is 0 Å². The molecule has 2 heterocycles. The molecule has 0 atom stereocenters. The van der Waals surface area contributed by atoms with Gasteiger partial charge in [0.15, 0.2) is 0 Å². The topological polar surface area (TPSA) is 39.9 Å². The zero-order valence-electron chi connectivity index (χ0n) is 16.0. The van der Waals surface area contributed by atoms with Crippen molar-refractivity contribution in [3.05, 3.63) is 73.3 Å². The summed E-state index contributed by atoms with van der Waals surface area (Å²) in [6.45, 7) is 0. The number of fused-ring (bicyclic) bond motifs is 1. The molecule has 5 rings (SSSR count). The van der Waals surface area contributed by atoms with Crippen LogP contribution in [0.5, 0.6) is 11.5 Å². The van der Waals surface area contributed by atoms with Crippen LogP contribution in [0, 0.1) is 0 Å². The van der Waals surface area contributed by atoms with E-state index in [0.717, 1.165) is 40.9 Å². The quantitative estimate of drug-likeness (QED) is 0.359. The van der Waals surface area contributed by atoms with Crippen molar-refractivity contribution in [1.29, 1.82) is 0 Å². The fraction of sp³-hybridized carbons (Fsp3) is 0.250. The Bertz CT molecular complexity index is 1100. The number of para-hydroxylation sites is 1. The van der Waals surface area contributed by atoms with Crippen LogP contribution >= 0.6 is 0 Å². The van der Waals surface area contributed by atoms with Gasteiger partial charge in [-0.1, -0.05) is 18.2 Å². The maximum atomic E-state index is 5.93. The van der Waals surface area contributed by atoms with Crippen LogP contribution in [0.25, 0.3) is 22.2 Å². The Morgan fingerprint density at radius 3 is 2.38 bits per heavy atom. The van der Waals surface area contributed by atoms with Gasteiger partial charge in [-0.05, 0) is 12.1 Å². The second-order valence-electron chi connectivity index (χ2n) is 7.54. The second-order valence-corrected chi connectivity index (χ2v) is 8.44. The number of rotatable bonds is 4. The zero-order chi connectivity index (χ0) is 19.6. The van der Waals surface area contributed by atoms with Crippen LogP contribution in [0.4, 0.5) is 0 Å². The first-order valence-corrected chi connectivity index (χ1v) is 10.7. The summed E-state index contributed by atoms with van der Waals surface area (Å²) in [7, 11) is 0. The van der Waals surface area contributed by atoms with E-state index in [1.54, 1.807) is 6.33 Å². The molecule has 5 heteroatoms. The molecule has 0 saturated heterocycles. The molecular weight excluding hydrogens is 402 g/mol. The summed E-state index contributed by atoms with van der Waals surface area (Å²) in [5.41, 5.74) is 3.34. The van der Waals surface area contributed by atoms with Gasteiger partial charge in [0, 0.05) is 0 Å². The Morgan fingerprint density at radius 2 is 1.62 bits per heavy atom. The Morgan fingerprint density at radius 1 is 0.897 bits per heavy atom. The molecule has 0 radical (unpaired) electrons. The normalized spacial score (nSPS) is 19.3. The van der Waals surface area contributed by atoms with Crippen LogP contribution in [0.3, 0.4) is 0 Å². The number of nitrogens with zero attached hydrogens (tertiary/aromatic N) is 3. The number of hydrogen-bond acceptors (Lipinski definition) is 3. The molecule has 0 bridgehead atoms. The SMILES string of the molecule is [Fe][CH]1CCC(n2cc(-c3ccc(Oc4ccccc4)cc3)c3cncnc32)CC1. The van der Waals surface area contributed by atoms with E-state index in [0.29, 0.717) is 10.9 Å². The van der Waals surface area contributed by atoms with Crippen LogP contribution in [-0.2, 0) is 16.0 Å². The molecule has 0 spiro atoms. The molecular formula is C24H22FeN3O. The van der Waals surface area contributed by atoms with Crippen molar-refractivity contribution in [3.8, 4) is 22.6 Å². The molecule has 29 heavy (non-hydrogen) atoms. The summed E-state index contributed by atoms with van der Waals surface area (Å²) in [6.07, 6.45) is 10.5. The fourth-order valence-corrected chi connectivity index (χ4v) is 4.50. The Hall–Kier alpha value is -2.62. The average Bonchev–Trinajstić information content (AvgIpc) is 3.15. The average molecular weight is 424 g/mol. The van der Waals surface area contributed by atoms with Crippen molar-refractivity contribution in [2.24, 2.45) is 0 Å². The summed E-state index contributed by atoms with van der Waals surface area (Å²) in [6, 6.07) is 18.6. The number of benzene rings is 2. The Kier molecular flexibility index (Phi) is 5.09. The monoisotopic (exact) mass is 424 g/mol. The van der Waals surface area contributed by atoms with E-state index in [1.165, 1.54) is 18.4 Å². The minimum atomic E-state index is 0.486. The third kappa shape index (κ3) is 3.81. The molecule has 0 N–H and O–H groups in total. The summed E-state index contributed by atoms with van der Waals surface area (Å²) < 4.78 is 8.29. The summed E-state index contributed by atoms with van der Waals surface area (Å²) in [4.78, 5) is 9.47. The first-order chi connectivity index (χ1) is 14.3. The molecule has 4 nitrogen and oxygen atoms in total. The van der Waals surface area contributed by atoms with E-state index in [-0.39, 0.29) is 0 Å². The van der Waals surface area contributed by atoms with Gasteiger partial charge in [0.05, 0.1) is 0 Å². The molecule has 2 aromatic heterocycles. The van der Waals surface area contributed by atoms with Gasteiger partial charge in [0.1, 0.15) is 5.75 Å². The molecule has 1 fully saturated rings. The van der Waals surface area contributed by atoms with Crippen molar-refractivity contribution >= 4 is 11.0 Å². The molecule has 0 unspecified atom stereocenters. The van der Waals surface area contributed by atoms with Crippen molar-refractivity contribution in [2.45, 2.75) is 36.5 Å². The van der Waals surface area contributed by atoms with Gasteiger partial charge < -0.3 is 0 Å². The maximum absolute atomic E-state index is 5.93. The Labute approximate surface area is 178 Å². The van der Waals surface area contributed by atoms with Crippen LogP contribution in [0.15, 0.2) is 73.3 Å². The Balaban J connectivity index is 1.47. The summed E-state index contributed by atoms with van der Waals surface area (Å²) in [5, 5.41) is 1.10. The fourth-order valence-electron chi connectivity index (χ4n) is 4.13. The second kappa shape index (κ2) is 8.02. The minimum absolute atomic E-state index is 0.486. The van der Waals surface area contributed by atoms with Crippen molar-refractivity contribution in [1.82, 2.24) is 14.5 Å². The van der Waals surface area contributed by atoms with E-state index in [9.17, 15) is 0 Å². The molecule has 147 valence electrons. The van der Waals surface area contributed by atoms with Gasteiger partial charge in [0.25, 0.3) is 0 Å². The van der Waals surface area contributed by atoms with Gasteiger partial charge in [-0.25, -0.2) is 0 Å². The zero-order valence-corrected chi connectivity index (χ0v) is 17.1. The van der Waals surface area contributed by atoms with Crippen LogP contribution in [0.2, 0.25) is 4.82 Å². The molecule has 1 saturated carbocycles. The number of ether oxygens (including phenoxy) is 1. The first-order valence-electron chi connectivity index (χ1n) is 10.0. The third-order valence-electron chi connectivity index (χ3n) is 5.64. The van der Waals surface area contributed by atoms with E-state index >= 15 is 0 Å². The predicted molar refractivity (Wildman–Crippen MR) is 111 cm³/mol. The van der Waals surface area contributed by atoms with Crippen molar-refractivity contribution < 1.29 is 20.7 Å². The van der Waals surface area contributed by atoms with Gasteiger partial charge in [-0.3, -0.25) is 0 Å². The number of hydrogen-bond donors (Lipinski definition) is 0. The van der Waals surface area contributed by atoms with E-state index in [2.05, 4.69) is 48.9 Å². The van der Waals surface area contributed by atoms with Gasteiger partial charge >= 0.3 is 143 Å². The third-order valence-corrected chi connectivity index (χ3v) is 6.28. The predicted octanol–water partition coefficient (Wildman–Crippen LogP) is 6.34. The summed E-state index contributed by atoms with van der Waals surface area (Å²) in [5.74, 6) is 1.67. The summed E-state index contributed by atoms with van der Waals surface area (Å²) >= 11 is 4.23.